The second-order valence-electron chi connectivity index (χ2n) is 0.921. The highest BCUT2D eigenvalue weighted by Gasteiger charge is 1.59. The fourth-order valence-electron chi connectivity index (χ4n) is 0.229. The van der Waals surface area contributed by atoms with E-state index >= 15 is 0 Å². The Bertz CT molecular complexity index is 99.7. The number of aromatic nitrogens is 1. The van der Waals surface area contributed by atoms with Gasteiger partial charge in [0.25, 0.3) is 0 Å². The van der Waals surface area contributed by atoms with E-state index in [1.807, 2.05) is 0 Å². The van der Waals surface area contributed by atoms with Gasteiger partial charge in [-0.15, -0.1) is 0 Å². The summed E-state index contributed by atoms with van der Waals surface area (Å²) in [6.45, 7) is 0. The van der Waals surface area contributed by atoms with Crippen molar-refractivity contribution in [1.29, 1.82) is 0 Å². The first kappa shape index (κ1) is 4.46. The van der Waals surface area contributed by atoms with Crippen molar-refractivity contribution in [2.45, 2.75) is 0 Å². The lowest BCUT2D eigenvalue weighted by atomic mass is 10.6. The molecule has 0 atom stereocenters. The lowest BCUT2D eigenvalue weighted by Gasteiger charge is -1.59. The number of H-pyrrole nitrogens is 1. The average Bonchev–Trinajstić information content (AvgIpc) is 1.90. The third-order valence-corrected chi connectivity index (χ3v) is 0.871. The predicted molar refractivity (Wildman–Crippen MR) is 27.4 cm³/mol. The van der Waals surface area contributed by atoms with Crippen LogP contribution in [0.1, 0.15) is 0 Å². The first-order valence-corrected chi connectivity index (χ1v) is 2.55. The Morgan fingerprint density at radius 3 is 3.71 bits per heavy atom. The van der Waals surface area contributed by atoms with Crippen LogP contribution in [0.15, 0.2) is 22.2 Å². The molecule has 1 radical (unpaired) electrons. The molecular weight excluding hydrogens is 110 g/mol. The van der Waals surface area contributed by atoms with E-state index in [4.69, 9.17) is 3.85 Å². The summed E-state index contributed by atoms with van der Waals surface area (Å²) in [7, 11) is 0. The number of nitrogens with one attached hydrogen (secondary N) is 1. The van der Waals surface area contributed by atoms with E-state index < -0.39 is 0 Å². The number of rotatable bonds is 0. The number of hydrogen-bond acceptors (Lipinski definition) is 2. The van der Waals surface area contributed by atoms with Gasteiger partial charge in [-0.1, -0.05) is 0 Å². The molecule has 0 aliphatic heterocycles. The van der Waals surface area contributed by atoms with E-state index in [0.29, 0.717) is 0 Å². The highest BCUT2D eigenvalue weighted by Crippen LogP contribution is 1.82. The first-order chi connectivity index (χ1) is 3.50. The van der Waals surface area contributed by atoms with Crippen LogP contribution in [0.5, 0.6) is 0 Å². The molecule has 2 nitrogen and oxygen atoms in total. The Morgan fingerprint density at radius 2 is 2.71 bits per heavy atom. The molecule has 37 valence electrons. The van der Waals surface area contributed by atoms with Crippen molar-refractivity contribution in [2.75, 3.05) is 0 Å². The van der Waals surface area contributed by atoms with E-state index in [-0.39, 0.29) is 0 Å². The molecular formula is C4H4NOS. The van der Waals surface area contributed by atoms with E-state index in [2.05, 4.69) is 10.6 Å². The Kier molecular flexibility index (Phi) is 1.57. The Hall–Kier alpha value is -0.700. The Balaban J connectivity index is 3.06. The van der Waals surface area contributed by atoms with Gasteiger partial charge in [-0.2, -0.15) is 0 Å². The third kappa shape index (κ3) is 1.45. The van der Waals surface area contributed by atoms with E-state index in [1.165, 1.54) is 0 Å². The summed E-state index contributed by atoms with van der Waals surface area (Å²) in [5, 5.41) is 0. The summed E-state index contributed by atoms with van der Waals surface area (Å²) in [4.78, 5) is 0. The standard InChI is InChI=1S/C4H4NOS/c1-2-4-6-7-5-3-1/h1-2,4-5H. The average molecular weight is 114 g/mol. The molecule has 0 saturated heterocycles. The molecule has 0 bridgehead atoms. The molecule has 3 heteroatoms. The van der Waals surface area contributed by atoms with Crippen molar-refractivity contribution < 1.29 is 3.85 Å². The molecule has 1 N–H and O–H groups in total. The molecule has 0 fully saturated rings. The van der Waals surface area contributed by atoms with Gasteiger partial charge >= 0.3 is 0 Å². The zero-order chi connectivity index (χ0) is 4.95. The molecule has 7 heavy (non-hydrogen) atoms. The predicted octanol–water partition coefficient (Wildman–Crippen LogP) is 1.59. The van der Waals surface area contributed by atoms with Gasteiger partial charge < -0.3 is 3.85 Å². The van der Waals surface area contributed by atoms with Gasteiger partial charge in [0.2, 0.25) is 0 Å². The molecule has 0 unspecified atom stereocenters. The van der Waals surface area contributed by atoms with E-state index in [0.717, 1.165) is 11.8 Å². The highest BCUT2D eigenvalue weighted by molar-refractivity contribution is 6.95. The largest absolute Gasteiger partial charge is 0.395 e. The number of hydrogen-bond donors (Lipinski definition) is 1. The fourth-order valence-corrected chi connectivity index (χ4v) is 0.513. The van der Waals surface area contributed by atoms with Gasteiger partial charge in [-0.05, 0) is 12.1 Å². The van der Waals surface area contributed by atoms with Gasteiger partial charge in [-0.3, -0.25) is 4.37 Å². The van der Waals surface area contributed by atoms with Crippen molar-refractivity contribution >= 4 is 11.8 Å². The maximum atomic E-state index is 4.73. The normalized spacial score (nSPS) is 8.00. The van der Waals surface area contributed by atoms with Crippen LogP contribution in [0.25, 0.3) is 0 Å². The van der Waals surface area contributed by atoms with Crippen LogP contribution in [0, 0.1) is 6.20 Å². The van der Waals surface area contributed by atoms with Gasteiger partial charge in [0.05, 0.1) is 6.20 Å². The van der Waals surface area contributed by atoms with Crippen LogP contribution in [-0.2, 0) is 0 Å². The van der Waals surface area contributed by atoms with Gasteiger partial charge in [0, 0.05) is 0 Å². The molecule has 0 amide bonds. The van der Waals surface area contributed by atoms with Crippen molar-refractivity contribution in [3.8, 4) is 0 Å². The lowest BCUT2D eigenvalue weighted by Crippen LogP contribution is -1.44. The maximum absolute atomic E-state index is 4.73. The van der Waals surface area contributed by atoms with Crippen LogP contribution in [-0.4, -0.2) is 4.37 Å². The fraction of sp³-hybridized carbons (Fsp3) is 0. The molecule has 0 aliphatic rings. The van der Waals surface area contributed by atoms with E-state index in [9.17, 15) is 0 Å². The minimum atomic E-state index is 1.14. The molecule has 0 spiro atoms. The van der Waals surface area contributed by atoms with Crippen molar-refractivity contribution in [3.05, 3.63) is 24.6 Å². The van der Waals surface area contributed by atoms with Crippen molar-refractivity contribution in [1.82, 2.24) is 4.37 Å². The second kappa shape index (κ2) is 2.47. The molecule has 1 rings (SSSR count). The summed E-state index contributed by atoms with van der Waals surface area (Å²) in [6, 6.07) is 3.49. The molecule has 1 aromatic rings. The Labute approximate surface area is 45.5 Å². The van der Waals surface area contributed by atoms with Crippen molar-refractivity contribution in [2.24, 2.45) is 0 Å². The minimum Gasteiger partial charge on any atom is -0.395 e. The topological polar surface area (TPSA) is 28.9 Å². The maximum Gasteiger partial charge on any atom is 0.126 e. The minimum absolute atomic E-state index is 1.14. The number of aromatic amines is 1. The lowest BCUT2D eigenvalue weighted by molar-refractivity contribution is 0.681. The highest BCUT2D eigenvalue weighted by atomic mass is 32.1. The SMILES string of the molecule is [c]1cccos[nH]1. The molecule has 0 aromatic carbocycles. The zero-order valence-electron chi connectivity index (χ0n) is 3.55. The van der Waals surface area contributed by atoms with Crippen molar-refractivity contribution in [3.63, 3.8) is 0 Å². The smallest absolute Gasteiger partial charge is 0.126 e. The Morgan fingerprint density at radius 1 is 1.71 bits per heavy atom. The zero-order valence-corrected chi connectivity index (χ0v) is 4.37. The summed E-state index contributed by atoms with van der Waals surface area (Å²) in [6.07, 6.45) is 4.30. The van der Waals surface area contributed by atoms with Gasteiger partial charge in [0.15, 0.2) is 0 Å². The summed E-state index contributed by atoms with van der Waals surface area (Å²) in [5.41, 5.74) is 0. The van der Waals surface area contributed by atoms with Gasteiger partial charge in [0.1, 0.15) is 18.1 Å². The van der Waals surface area contributed by atoms with Crippen LogP contribution in [0.3, 0.4) is 0 Å². The van der Waals surface area contributed by atoms with Crippen LogP contribution in [0.2, 0.25) is 0 Å². The monoisotopic (exact) mass is 114 g/mol. The first-order valence-electron chi connectivity index (χ1n) is 1.81. The van der Waals surface area contributed by atoms with Crippen LogP contribution < -0.4 is 0 Å². The quantitative estimate of drug-likeness (QED) is 0.545. The molecule has 0 aliphatic carbocycles. The molecule has 0 saturated carbocycles. The van der Waals surface area contributed by atoms with E-state index in [1.54, 1.807) is 18.4 Å². The second-order valence-corrected chi connectivity index (χ2v) is 1.48. The van der Waals surface area contributed by atoms with Crippen LogP contribution >= 0.6 is 11.8 Å². The summed E-state index contributed by atoms with van der Waals surface area (Å²) in [5.74, 6) is 0. The summed E-state index contributed by atoms with van der Waals surface area (Å²) < 4.78 is 7.40. The molecule has 1 aromatic heterocycles. The van der Waals surface area contributed by atoms with Crippen LogP contribution in [0.4, 0.5) is 0 Å². The molecule has 1 heterocycles. The summed E-state index contributed by atoms with van der Waals surface area (Å²) >= 11 is 1.14. The van der Waals surface area contributed by atoms with Gasteiger partial charge in [-0.25, -0.2) is 0 Å². The third-order valence-electron chi connectivity index (χ3n) is 0.462.